The number of fused-ring (bicyclic) bond motifs is 3. The highest BCUT2D eigenvalue weighted by molar-refractivity contribution is 5.80. The minimum Gasteiger partial charge on any atom is -0.481 e. The van der Waals surface area contributed by atoms with Crippen LogP contribution in [0.1, 0.15) is 63.5 Å². The molecular formula is C28H34N2O5. The van der Waals surface area contributed by atoms with Crippen molar-refractivity contribution in [1.29, 1.82) is 0 Å². The summed E-state index contributed by atoms with van der Waals surface area (Å²) in [5.74, 6) is -0.920. The summed E-state index contributed by atoms with van der Waals surface area (Å²) in [5, 5.41) is 15.0. The maximum Gasteiger partial charge on any atom is 0.407 e. The van der Waals surface area contributed by atoms with Gasteiger partial charge >= 0.3 is 12.1 Å². The van der Waals surface area contributed by atoms with Gasteiger partial charge in [-0.1, -0.05) is 48.5 Å². The van der Waals surface area contributed by atoms with E-state index in [0.29, 0.717) is 6.42 Å². The van der Waals surface area contributed by atoms with Gasteiger partial charge in [-0.2, -0.15) is 0 Å². The molecule has 0 aliphatic heterocycles. The molecule has 4 rings (SSSR count). The van der Waals surface area contributed by atoms with Crippen LogP contribution in [0.25, 0.3) is 11.1 Å². The molecule has 0 heterocycles. The Morgan fingerprint density at radius 1 is 0.971 bits per heavy atom. The van der Waals surface area contributed by atoms with E-state index in [1.807, 2.05) is 31.2 Å². The largest absolute Gasteiger partial charge is 0.481 e. The lowest BCUT2D eigenvalue weighted by molar-refractivity contribution is -0.147. The van der Waals surface area contributed by atoms with Crippen LogP contribution in [0.3, 0.4) is 0 Å². The average Bonchev–Trinajstić information content (AvgIpc) is 3.62. The quantitative estimate of drug-likeness (QED) is 0.459. The van der Waals surface area contributed by atoms with E-state index in [0.717, 1.165) is 24.0 Å². The van der Waals surface area contributed by atoms with Crippen LogP contribution in [0.4, 0.5) is 4.79 Å². The van der Waals surface area contributed by atoms with E-state index in [4.69, 9.17) is 4.74 Å². The predicted molar refractivity (Wildman–Crippen MR) is 133 cm³/mol. The fourth-order valence-electron chi connectivity index (χ4n) is 4.90. The summed E-state index contributed by atoms with van der Waals surface area (Å²) < 4.78 is 5.70. The predicted octanol–water partition coefficient (Wildman–Crippen LogP) is 4.70. The zero-order valence-electron chi connectivity index (χ0n) is 20.6. The number of carboxylic acids is 1. The molecule has 35 heavy (non-hydrogen) atoms. The molecule has 2 aromatic carbocycles. The number of alkyl carbamates (subject to hydrolysis) is 1. The molecule has 2 aromatic rings. The van der Waals surface area contributed by atoms with Gasteiger partial charge in [-0.15, -0.1) is 0 Å². The van der Waals surface area contributed by atoms with Crippen molar-refractivity contribution in [1.82, 2.24) is 10.6 Å². The molecule has 2 aliphatic carbocycles. The third-order valence-electron chi connectivity index (χ3n) is 7.39. The first-order chi connectivity index (χ1) is 16.6. The number of carboxylic acid groups (broad SMARTS) is 1. The summed E-state index contributed by atoms with van der Waals surface area (Å²) in [6.07, 6.45) is 1.81. The molecule has 0 bridgehead atoms. The SMILES string of the molecule is CC(C)(CCNC(=O)CC(C)(NC(=O)OCC1c2ccccc2-c2ccccc21)C1CC1)C(=O)O. The van der Waals surface area contributed by atoms with Crippen LogP contribution in [-0.2, 0) is 14.3 Å². The Kier molecular flexibility index (Phi) is 6.88. The van der Waals surface area contributed by atoms with E-state index in [1.165, 1.54) is 11.1 Å². The Hall–Kier alpha value is -3.35. The number of hydrogen-bond acceptors (Lipinski definition) is 4. The van der Waals surface area contributed by atoms with Crippen molar-refractivity contribution in [2.45, 2.75) is 57.9 Å². The average molecular weight is 479 g/mol. The summed E-state index contributed by atoms with van der Waals surface area (Å²) in [5.41, 5.74) is 3.01. The molecule has 7 nitrogen and oxygen atoms in total. The molecule has 3 N–H and O–H groups in total. The Morgan fingerprint density at radius 2 is 1.54 bits per heavy atom. The van der Waals surface area contributed by atoms with Gasteiger partial charge in [-0.05, 0) is 68.2 Å². The number of nitrogens with one attached hydrogen (secondary N) is 2. The summed E-state index contributed by atoms with van der Waals surface area (Å²) in [6.45, 7) is 5.64. The van der Waals surface area contributed by atoms with Gasteiger partial charge in [0.05, 0.1) is 11.0 Å². The molecule has 0 spiro atoms. The van der Waals surface area contributed by atoms with Crippen LogP contribution in [0.5, 0.6) is 0 Å². The lowest BCUT2D eigenvalue weighted by Gasteiger charge is -2.30. The van der Waals surface area contributed by atoms with Gasteiger partial charge in [0.15, 0.2) is 0 Å². The molecule has 1 fully saturated rings. The first-order valence-electron chi connectivity index (χ1n) is 12.2. The topological polar surface area (TPSA) is 105 Å². The van der Waals surface area contributed by atoms with Crippen molar-refractivity contribution in [3.8, 4) is 11.1 Å². The number of aliphatic carboxylic acids is 1. The minimum absolute atomic E-state index is 0.0266. The highest BCUT2D eigenvalue weighted by atomic mass is 16.5. The second kappa shape index (κ2) is 9.72. The molecular weight excluding hydrogens is 444 g/mol. The smallest absolute Gasteiger partial charge is 0.407 e. The monoisotopic (exact) mass is 478 g/mol. The maximum atomic E-state index is 12.8. The normalized spacial score (nSPS) is 16.5. The molecule has 0 aromatic heterocycles. The Morgan fingerprint density at radius 3 is 2.09 bits per heavy atom. The van der Waals surface area contributed by atoms with Crippen molar-refractivity contribution < 1.29 is 24.2 Å². The molecule has 0 radical (unpaired) electrons. The molecule has 2 amide bonds. The number of amides is 2. The Balaban J connectivity index is 1.34. The lowest BCUT2D eigenvalue weighted by Crippen LogP contribution is -2.51. The summed E-state index contributed by atoms with van der Waals surface area (Å²) in [6, 6.07) is 16.4. The molecule has 2 aliphatic rings. The van der Waals surface area contributed by atoms with Crippen LogP contribution < -0.4 is 10.6 Å². The highest BCUT2D eigenvalue weighted by Gasteiger charge is 2.44. The number of carbonyl (C=O) groups is 3. The summed E-state index contributed by atoms with van der Waals surface area (Å²) in [7, 11) is 0. The number of benzene rings is 2. The molecule has 186 valence electrons. The third-order valence-corrected chi connectivity index (χ3v) is 7.39. The van der Waals surface area contributed by atoms with E-state index >= 15 is 0 Å². The van der Waals surface area contributed by atoms with Gasteiger partial charge in [-0.3, -0.25) is 9.59 Å². The summed E-state index contributed by atoms with van der Waals surface area (Å²) in [4.78, 5) is 36.7. The third kappa shape index (κ3) is 5.50. The Bertz CT molecular complexity index is 1080. The zero-order valence-corrected chi connectivity index (χ0v) is 20.6. The van der Waals surface area contributed by atoms with E-state index in [1.54, 1.807) is 13.8 Å². The van der Waals surface area contributed by atoms with E-state index in [-0.39, 0.29) is 37.3 Å². The molecule has 1 saturated carbocycles. The molecule has 1 atom stereocenters. The number of ether oxygens (including phenoxy) is 1. The van der Waals surface area contributed by atoms with E-state index < -0.39 is 23.0 Å². The number of rotatable bonds is 10. The Labute approximate surface area is 206 Å². The number of carbonyl (C=O) groups excluding carboxylic acids is 2. The first-order valence-corrected chi connectivity index (χ1v) is 12.2. The standard InChI is InChI=1S/C28H34N2O5/c1-27(2,25(32)33)14-15-29-24(31)16-28(3,18-12-13-18)30-26(34)35-17-23-21-10-6-4-8-19(21)20-9-5-7-11-22(20)23/h4-11,18,23H,12-17H2,1-3H3,(H,29,31)(H,30,34)(H,32,33). The van der Waals surface area contributed by atoms with E-state index in [9.17, 15) is 19.5 Å². The second-order valence-electron chi connectivity index (χ2n) is 10.6. The van der Waals surface area contributed by atoms with Crippen molar-refractivity contribution in [3.63, 3.8) is 0 Å². The molecule has 1 unspecified atom stereocenters. The highest BCUT2D eigenvalue weighted by Crippen LogP contribution is 2.45. The first kappa shape index (κ1) is 24.8. The number of hydrogen-bond donors (Lipinski definition) is 3. The van der Waals surface area contributed by atoms with Crippen molar-refractivity contribution in [3.05, 3.63) is 59.7 Å². The van der Waals surface area contributed by atoms with Gasteiger partial charge in [-0.25, -0.2) is 4.79 Å². The fourth-order valence-corrected chi connectivity index (χ4v) is 4.90. The second-order valence-corrected chi connectivity index (χ2v) is 10.6. The zero-order chi connectivity index (χ0) is 25.2. The van der Waals surface area contributed by atoms with Gasteiger partial charge in [0.25, 0.3) is 0 Å². The van der Waals surface area contributed by atoms with Gasteiger partial charge < -0.3 is 20.5 Å². The minimum atomic E-state index is -0.910. The van der Waals surface area contributed by atoms with Crippen LogP contribution in [0.15, 0.2) is 48.5 Å². The lowest BCUT2D eigenvalue weighted by atomic mass is 9.89. The van der Waals surface area contributed by atoms with Crippen LogP contribution in [0, 0.1) is 11.3 Å². The van der Waals surface area contributed by atoms with Crippen molar-refractivity contribution in [2.24, 2.45) is 11.3 Å². The maximum absolute atomic E-state index is 12.8. The van der Waals surface area contributed by atoms with Crippen LogP contribution >= 0.6 is 0 Å². The van der Waals surface area contributed by atoms with Crippen molar-refractivity contribution >= 4 is 18.0 Å². The summed E-state index contributed by atoms with van der Waals surface area (Å²) >= 11 is 0. The van der Waals surface area contributed by atoms with Gasteiger partial charge in [0, 0.05) is 18.9 Å². The molecule has 0 saturated heterocycles. The van der Waals surface area contributed by atoms with Crippen molar-refractivity contribution in [2.75, 3.05) is 13.2 Å². The van der Waals surface area contributed by atoms with Crippen LogP contribution in [-0.4, -0.2) is 41.8 Å². The van der Waals surface area contributed by atoms with Gasteiger partial charge in [0.1, 0.15) is 6.61 Å². The van der Waals surface area contributed by atoms with Gasteiger partial charge in [0.2, 0.25) is 5.91 Å². The fraction of sp³-hybridized carbons (Fsp3) is 0.464. The van der Waals surface area contributed by atoms with Crippen LogP contribution in [0.2, 0.25) is 0 Å². The molecule has 7 heteroatoms. The van der Waals surface area contributed by atoms with E-state index in [2.05, 4.69) is 34.9 Å².